The number of hydrogen-bond donors (Lipinski definition) is 3. The molecule has 3 N–H and O–H groups in total. The van der Waals surface area contributed by atoms with Crippen molar-refractivity contribution in [3.63, 3.8) is 0 Å². The molecule has 1 saturated heterocycles. The highest BCUT2D eigenvalue weighted by Crippen LogP contribution is 2.29. The molecular weight excluding hydrogens is 328 g/mol. The van der Waals surface area contributed by atoms with E-state index in [4.69, 9.17) is 14.6 Å². The Morgan fingerprint density at radius 1 is 1.40 bits per heavy atom. The van der Waals surface area contributed by atoms with Gasteiger partial charge in [0.25, 0.3) is 0 Å². The molecule has 2 rings (SSSR count). The largest absolute Gasteiger partial charge is 0.497 e. The van der Waals surface area contributed by atoms with E-state index < -0.39 is 12.1 Å². The van der Waals surface area contributed by atoms with Crippen molar-refractivity contribution in [3.05, 3.63) is 23.8 Å². The normalized spacial score (nSPS) is 18.1. The van der Waals surface area contributed by atoms with Crippen LogP contribution in [0.15, 0.2) is 18.2 Å². The maximum Gasteiger partial charge on any atom is 0.404 e. The summed E-state index contributed by atoms with van der Waals surface area (Å²) in [7, 11) is 3.14. The number of aliphatic hydroxyl groups is 1. The van der Waals surface area contributed by atoms with E-state index >= 15 is 0 Å². The molecule has 2 unspecified atom stereocenters. The van der Waals surface area contributed by atoms with Crippen LogP contribution in [0.5, 0.6) is 11.5 Å². The van der Waals surface area contributed by atoms with Crippen molar-refractivity contribution >= 4 is 12.0 Å². The second kappa shape index (κ2) is 8.57. The van der Waals surface area contributed by atoms with Gasteiger partial charge in [0, 0.05) is 30.6 Å². The molecule has 2 atom stereocenters. The van der Waals surface area contributed by atoms with Gasteiger partial charge in [0.05, 0.1) is 26.9 Å². The number of nitrogens with one attached hydrogen (secondary N) is 1. The third-order valence-corrected chi connectivity index (χ3v) is 4.38. The highest BCUT2D eigenvalue weighted by Gasteiger charge is 2.33. The number of carbonyl (C=O) groups excluding carboxylic acids is 1. The molecule has 1 aliphatic rings. The number of rotatable bonds is 8. The predicted molar refractivity (Wildman–Crippen MR) is 89.7 cm³/mol. The van der Waals surface area contributed by atoms with Crippen molar-refractivity contribution in [2.45, 2.75) is 25.4 Å². The molecule has 1 aromatic carbocycles. The van der Waals surface area contributed by atoms with Crippen LogP contribution in [0.2, 0.25) is 0 Å². The molecule has 0 aliphatic carbocycles. The molecule has 0 spiro atoms. The Bertz CT molecular complexity index is 621. The first-order valence-electron chi connectivity index (χ1n) is 8.08. The molecule has 1 aromatic rings. The van der Waals surface area contributed by atoms with Gasteiger partial charge in [-0.2, -0.15) is 0 Å². The minimum absolute atomic E-state index is 0.0384. The molecule has 8 nitrogen and oxygen atoms in total. The van der Waals surface area contributed by atoms with Crippen LogP contribution in [-0.4, -0.2) is 60.5 Å². The summed E-state index contributed by atoms with van der Waals surface area (Å²) in [5.41, 5.74) is 0.875. The van der Waals surface area contributed by atoms with Crippen LogP contribution >= 0.6 is 0 Å². The Morgan fingerprint density at radius 3 is 2.76 bits per heavy atom. The zero-order valence-electron chi connectivity index (χ0n) is 14.4. The van der Waals surface area contributed by atoms with Crippen molar-refractivity contribution < 1.29 is 29.3 Å². The summed E-state index contributed by atoms with van der Waals surface area (Å²) in [4.78, 5) is 25.0. The molecule has 0 aromatic heterocycles. The van der Waals surface area contributed by atoms with Crippen LogP contribution in [0, 0.1) is 5.92 Å². The molecule has 1 heterocycles. The Labute approximate surface area is 146 Å². The number of aliphatic hydroxyl groups excluding tert-OH is 1. The average molecular weight is 352 g/mol. The Hall–Kier alpha value is -2.48. The van der Waals surface area contributed by atoms with Gasteiger partial charge >= 0.3 is 6.09 Å². The average Bonchev–Trinajstić information content (AvgIpc) is 2.94. The molecule has 0 bridgehead atoms. The Balaban J connectivity index is 2.01. The molecule has 0 saturated carbocycles. The number of ether oxygens (including phenoxy) is 2. The minimum atomic E-state index is -1.20. The third-order valence-electron chi connectivity index (χ3n) is 4.38. The third kappa shape index (κ3) is 4.76. The second-order valence-corrected chi connectivity index (χ2v) is 5.99. The van der Waals surface area contributed by atoms with E-state index in [1.165, 1.54) is 0 Å². The van der Waals surface area contributed by atoms with Gasteiger partial charge in [-0.05, 0) is 25.0 Å². The van der Waals surface area contributed by atoms with Crippen LogP contribution in [0.4, 0.5) is 4.79 Å². The first kappa shape index (κ1) is 18.9. The summed E-state index contributed by atoms with van der Waals surface area (Å²) < 4.78 is 10.5. The minimum Gasteiger partial charge on any atom is -0.497 e. The van der Waals surface area contributed by atoms with Gasteiger partial charge in [-0.3, -0.25) is 4.79 Å². The molecule has 1 fully saturated rings. The first-order valence-corrected chi connectivity index (χ1v) is 8.08. The van der Waals surface area contributed by atoms with Crippen molar-refractivity contribution in [3.8, 4) is 11.5 Å². The second-order valence-electron chi connectivity index (χ2n) is 5.99. The smallest absolute Gasteiger partial charge is 0.404 e. The Kier molecular flexibility index (Phi) is 6.46. The van der Waals surface area contributed by atoms with E-state index in [2.05, 4.69) is 5.32 Å². The number of benzene rings is 1. The number of hydrogen-bond acceptors (Lipinski definition) is 5. The van der Waals surface area contributed by atoms with E-state index in [-0.39, 0.29) is 24.9 Å². The van der Waals surface area contributed by atoms with Crippen LogP contribution in [0.1, 0.15) is 18.4 Å². The van der Waals surface area contributed by atoms with E-state index in [1.807, 2.05) is 12.1 Å². The predicted octanol–water partition coefficient (Wildman–Crippen LogP) is 1.07. The van der Waals surface area contributed by atoms with Gasteiger partial charge in [-0.15, -0.1) is 0 Å². The summed E-state index contributed by atoms with van der Waals surface area (Å²) in [5.74, 6) is 0.991. The lowest BCUT2D eigenvalue weighted by atomic mass is 9.99. The lowest BCUT2D eigenvalue weighted by Crippen LogP contribution is -2.39. The van der Waals surface area contributed by atoms with Crippen molar-refractivity contribution in [1.82, 2.24) is 10.2 Å². The zero-order valence-corrected chi connectivity index (χ0v) is 14.4. The highest BCUT2D eigenvalue weighted by molar-refractivity contribution is 5.81. The molecule has 138 valence electrons. The van der Waals surface area contributed by atoms with Crippen molar-refractivity contribution in [2.24, 2.45) is 5.92 Å². The number of carbonyl (C=O) groups is 2. The monoisotopic (exact) mass is 352 g/mol. The first-order chi connectivity index (χ1) is 12.0. The standard InChI is InChI=1S/C17H24N2O6/c1-24-14-4-3-12(15(8-14)25-2)9-19-6-5-11(16(19)21)7-13(10-20)18-17(22)23/h3-4,8,11,13,18,20H,5-7,9-10H2,1-2H3,(H,22,23). The lowest BCUT2D eigenvalue weighted by Gasteiger charge is -2.20. The Morgan fingerprint density at radius 2 is 2.16 bits per heavy atom. The van der Waals surface area contributed by atoms with Crippen LogP contribution in [0.3, 0.4) is 0 Å². The van der Waals surface area contributed by atoms with Crippen LogP contribution < -0.4 is 14.8 Å². The summed E-state index contributed by atoms with van der Waals surface area (Å²) in [6, 6.07) is 4.81. The summed E-state index contributed by atoms with van der Waals surface area (Å²) in [5, 5.41) is 20.3. The number of nitrogens with zero attached hydrogens (tertiary/aromatic N) is 1. The fourth-order valence-corrected chi connectivity index (χ4v) is 3.06. The molecular formula is C17H24N2O6. The van der Waals surface area contributed by atoms with E-state index in [0.717, 1.165) is 5.56 Å². The lowest BCUT2D eigenvalue weighted by molar-refractivity contribution is -0.131. The fourth-order valence-electron chi connectivity index (χ4n) is 3.06. The molecule has 2 amide bonds. The van der Waals surface area contributed by atoms with Crippen LogP contribution in [0.25, 0.3) is 0 Å². The van der Waals surface area contributed by atoms with Gasteiger partial charge in [0.2, 0.25) is 5.91 Å². The maximum atomic E-state index is 12.6. The molecule has 0 radical (unpaired) electrons. The van der Waals surface area contributed by atoms with Gasteiger partial charge in [0.1, 0.15) is 11.5 Å². The zero-order chi connectivity index (χ0) is 18.4. The van der Waals surface area contributed by atoms with Gasteiger partial charge in [-0.1, -0.05) is 0 Å². The van der Waals surface area contributed by atoms with Gasteiger partial charge in [-0.25, -0.2) is 4.79 Å². The maximum absolute atomic E-state index is 12.6. The quantitative estimate of drug-likeness (QED) is 0.646. The number of likely N-dealkylation sites (tertiary alicyclic amines) is 1. The van der Waals surface area contributed by atoms with Crippen LogP contribution in [-0.2, 0) is 11.3 Å². The number of amides is 2. The van der Waals surface area contributed by atoms with E-state index in [0.29, 0.717) is 31.0 Å². The number of carboxylic acid groups (broad SMARTS) is 1. The van der Waals surface area contributed by atoms with Crippen molar-refractivity contribution in [1.29, 1.82) is 0 Å². The molecule has 1 aliphatic heterocycles. The van der Waals surface area contributed by atoms with E-state index in [1.54, 1.807) is 25.2 Å². The van der Waals surface area contributed by atoms with Gasteiger partial charge in [0.15, 0.2) is 0 Å². The highest BCUT2D eigenvalue weighted by atomic mass is 16.5. The summed E-state index contributed by atoms with van der Waals surface area (Å²) >= 11 is 0. The SMILES string of the molecule is COc1ccc(CN2CCC(CC(CO)NC(=O)O)C2=O)c(OC)c1. The fraction of sp³-hybridized carbons (Fsp3) is 0.529. The topological polar surface area (TPSA) is 108 Å². The van der Waals surface area contributed by atoms with Gasteiger partial charge < -0.3 is 29.9 Å². The van der Waals surface area contributed by atoms with E-state index in [9.17, 15) is 14.7 Å². The number of methoxy groups -OCH3 is 2. The summed E-state index contributed by atoms with van der Waals surface area (Å²) in [6.45, 7) is 0.672. The molecule has 8 heteroatoms. The van der Waals surface area contributed by atoms with Crippen molar-refractivity contribution in [2.75, 3.05) is 27.4 Å². The summed E-state index contributed by atoms with van der Waals surface area (Å²) in [6.07, 6.45) is -0.281. The molecule has 25 heavy (non-hydrogen) atoms.